The van der Waals surface area contributed by atoms with E-state index in [1.54, 1.807) is 0 Å². The SMILES string of the molecule is NC(=O)c1c(C(=O)O)ccc(CCc2ccccc2)c1CCc1ccccc1. The first-order valence-electron chi connectivity index (χ1n) is 9.32. The molecular formula is C24H23NO3. The van der Waals surface area contributed by atoms with Gasteiger partial charge in [0.1, 0.15) is 0 Å². The van der Waals surface area contributed by atoms with Gasteiger partial charge in [-0.05, 0) is 54.0 Å². The fourth-order valence-corrected chi connectivity index (χ4v) is 3.51. The molecule has 4 nitrogen and oxygen atoms in total. The van der Waals surface area contributed by atoms with Gasteiger partial charge in [0, 0.05) is 0 Å². The van der Waals surface area contributed by atoms with Crippen molar-refractivity contribution in [1.82, 2.24) is 0 Å². The van der Waals surface area contributed by atoms with Gasteiger partial charge in [0.15, 0.2) is 0 Å². The predicted octanol–water partition coefficient (Wildman–Crippen LogP) is 4.05. The van der Waals surface area contributed by atoms with E-state index in [1.165, 1.54) is 11.6 Å². The molecule has 3 aromatic rings. The van der Waals surface area contributed by atoms with Crippen LogP contribution in [0.15, 0.2) is 72.8 Å². The monoisotopic (exact) mass is 373 g/mol. The van der Waals surface area contributed by atoms with Crippen LogP contribution in [0.25, 0.3) is 0 Å². The molecule has 0 aliphatic heterocycles. The zero-order valence-corrected chi connectivity index (χ0v) is 15.6. The van der Waals surface area contributed by atoms with E-state index < -0.39 is 11.9 Å². The summed E-state index contributed by atoms with van der Waals surface area (Å²) in [6, 6.07) is 23.3. The Kier molecular flexibility index (Phi) is 6.22. The van der Waals surface area contributed by atoms with Gasteiger partial charge in [0.25, 0.3) is 0 Å². The van der Waals surface area contributed by atoms with Gasteiger partial charge in [0.2, 0.25) is 5.91 Å². The lowest BCUT2D eigenvalue weighted by Gasteiger charge is -2.16. The summed E-state index contributed by atoms with van der Waals surface area (Å²) in [5, 5.41) is 9.52. The van der Waals surface area contributed by atoms with Crippen molar-refractivity contribution in [3.8, 4) is 0 Å². The normalized spacial score (nSPS) is 10.6. The van der Waals surface area contributed by atoms with E-state index in [4.69, 9.17) is 5.73 Å². The minimum Gasteiger partial charge on any atom is -0.478 e. The van der Waals surface area contributed by atoms with Crippen LogP contribution in [0.4, 0.5) is 0 Å². The molecule has 0 saturated carbocycles. The van der Waals surface area contributed by atoms with Crippen LogP contribution in [0.5, 0.6) is 0 Å². The van der Waals surface area contributed by atoms with Crippen LogP contribution >= 0.6 is 0 Å². The Bertz CT molecular complexity index is 966. The molecule has 0 saturated heterocycles. The van der Waals surface area contributed by atoms with Gasteiger partial charge in [0.05, 0.1) is 11.1 Å². The van der Waals surface area contributed by atoms with E-state index in [9.17, 15) is 14.7 Å². The number of hydrogen-bond acceptors (Lipinski definition) is 2. The highest BCUT2D eigenvalue weighted by atomic mass is 16.4. The van der Waals surface area contributed by atoms with E-state index in [0.717, 1.165) is 23.1 Å². The third-order valence-electron chi connectivity index (χ3n) is 4.92. The van der Waals surface area contributed by atoms with Crippen molar-refractivity contribution in [1.29, 1.82) is 0 Å². The van der Waals surface area contributed by atoms with Gasteiger partial charge in [-0.1, -0.05) is 66.7 Å². The van der Waals surface area contributed by atoms with E-state index in [0.29, 0.717) is 19.3 Å². The molecule has 0 unspecified atom stereocenters. The number of primary amides is 1. The fraction of sp³-hybridized carbons (Fsp3) is 0.167. The first kappa shape index (κ1) is 19.4. The molecule has 0 fully saturated rings. The van der Waals surface area contributed by atoms with Crippen molar-refractivity contribution in [3.63, 3.8) is 0 Å². The summed E-state index contributed by atoms with van der Waals surface area (Å²) in [7, 11) is 0. The number of aromatic carboxylic acids is 1. The third-order valence-corrected chi connectivity index (χ3v) is 4.92. The molecule has 3 N–H and O–H groups in total. The molecule has 0 heterocycles. The van der Waals surface area contributed by atoms with Gasteiger partial charge in [-0.2, -0.15) is 0 Å². The molecule has 3 rings (SSSR count). The second-order valence-corrected chi connectivity index (χ2v) is 6.77. The molecule has 0 atom stereocenters. The van der Waals surface area contributed by atoms with Crippen LogP contribution in [0, 0.1) is 0 Å². The highest BCUT2D eigenvalue weighted by Crippen LogP contribution is 2.23. The Morgan fingerprint density at radius 2 is 1.25 bits per heavy atom. The van der Waals surface area contributed by atoms with Crippen molar-refractivity contribution in [2.75, 3.05) is 0 Å². The van der Waals surface area contributed by atoms with Gasteiger partial charge < -0.3 is 10.8 Å². The lowest BCUT2D eigenvalue weighted by molar-refractivity contribution is 0.0692. The lowest BCUT2D eigenvalue weighted by Crippen LogP contribution is -2.21. The Balaban J connectivity index is 1.96. The number of benzene rings is 3. The van der Waals surface area contributed by atoms with E-state index in [1.807, 2.05) is 54.6 Å². The van der Waals surface area contributed by atoms with Gasteiger partial charge in [-0.25, -0.2) is 4.79 Å². The Morgan fingerprint density at radius 3 is 1.75 bits per heavy atom. The number of carboxylic acid groups (broad SMARTS) is 1. The number of rotatable bonds is 8. The smallest absolute Gasteiger partial charge is 0.336 e. The molecule has 3 aromatic carbocycles. The molecule has 0 aliphatic rings. The fourth-order valence-electron chi connectivity index (χ4n) is 3.51. The Hall–Kier alpha value is -3.40. The van der Waals surface area contributed by atoms with E-state index in [-0.39, 0.29) is 11.1 Å². The summed E-state index contributed by atoms with van der Waals surface area (Å²) in [6.07, 6.45) is 2.80. The van der Waals surface area contributed by atoms with Crippen molar-refractivity contribution >= 4 is 11.9 Å². The van der Waals surface area contributed by atoms with Crippen molar-refractivity contribution in [2.24, 2.45) is 5.73 Å². The number of aryl methyl sites for hydroxylation is 3. The van der Waals surface area contributed by atoms with Crippen molar-refractivity contribution < 1.29 is 14.7 Å². The summed E-state index contributed by atoms with van der Waals surface area (Å²) in [5.41, 5.74) is 9.74. The zero-order chi connectivity index (χ0) is 19.9. The lowest BCUT2D eigenvalue weighted by atomic mass is 9.88. The quantitative estimate of drug-likeness (QED) is 0.625. The summed E-state index contributed by atoms with van der Waals surface area (Å²) < 4.78 is 0. The summed E-state index contributed by atoms with van der Waals surface area (Å²) in [6.45, 7) is 0. The van der Waals surface area contributed by atoms with Crippen LogP contribution in [0.3, 0.4) is 0 Å². The number of hydrogen-bond donors (Lipinski definition) is 2. The number of amides is 1. The number of carboxylic acids is 1. The highest BCUT2D eigenvalue weighted by molar-refractivity contribution is 6.05. The number of nitrogens with two attached hydrogens (primary N) is 1. The molecule has 0 aromatic heterocycles. The van der Waals surface area contributed by atoms with Crippen molar-refractivity contribution in [2.45, 2.75) is 25.7 Å². The standard InChI is InChI=1S/C24H23NO3/c25-23(26)22-20(15-12-18-9-5-2-6-10-18)19(14-16-21(22)24(27)28)13-11-17-7-3-1-4-8-17/h1-10,14,16H,11-13,15H2,(H2,25,26)(H,27,28). The first-order chi connectivity index (χ1) is 13.6. The van der Waals surface area contributed by atoms with Gasteiger partial charge in [-0.3, -0.25) is 4.79 Å². The Morgan fingerprint density at radius 1 is 0.714 bits per heavy atom. The largest absolute Gasteiger partial charge is 0.478 e. The number of carbonyl (C=O) groups is 2. The molecule has 4 heteroatoms. The average molecular weight is 373 g/mol. The minimum absolute atomic E-state index is 0.0287. The highest BCUT2D eigenvalue weighted by Gasteiger charge is 2.21. The predicted molar refractivity (Wildman–Crippen MR) is 110 cm³/mol. The van der Waals surface area contributed by atoms with Gasteiger partial charge >= 0.3 is 5.97 Å². The number of carbonyl (C=O) groups excluding carboxylic acids is 1. The summed E-state index contributed by atoms with van der Waals surface area (Å²) in [4.78, 5) is 23.8. The van der Waals surface area contributed by atoms with Crippen LogP contribution < -0.4 is 5.73 Å². The summed E-state index contributed by atoms with van der Waals surface area (Å²) in [5.74, 6) is -1.83. The second-order valence-electron chi connectivity index (χ2n) is 6.77. The summed E-state index contributed by atoms with van der Waals surface area (Å²) >= 11 is 0. The zero-order valence-electron chi connectivity index (χ0n) is 15.6. The second kappa shape index (κ2) is 9.00. The molecular weight excluding hydrogens is 350 g/mol. The van der Waals surface area contributed by atoms with Crippen LogP contribution in [0.1, 0.15) is 43.0 Å². The van der Waals surface area contributed by atoms with Crippen LogP contribution in [-0.2, 0) is 25.7 Å². The molecule has 0 aliphatic carbocycles. The maximum Gasteiger partial charge on any atom is 0.336 e. The maximum atomic E-state index is 12.1. The Labute approximate surface area is 164 Å². The van der Waals surface area contributed by atoms with Crippen LogP contribution in [-0.4, -0.2) is 17.0 Å². The molecule has 142 valence electrons. The van der Waals surface area contributed by atoms with E-state index in [2.05, 4.69) is 12.1 Å². The molecule has 0 spiro atoms. The molecule has 0 bridgehead atoms. The maximum absolute atomic E-state index is 12.1. The van der Waals surface area contributed by atoms with Crippen LogP contribution in [0.2, 0.25) is 0 Å². The minimum atomic E-state index is -1.13. The molecule has 0 radical (unpaired) electrons. The average Bonchev–Trinajstić information content (AvgIpc) is 2.71. The van der Waals surface area contributed by atoms with Gasteiger partial charge in [-0.15, -0.1) is 0 Å². The third kappa shape index (κ3) is 4.65. The van der Waals surface area contributed by atoms with E-state index >= 15 is 0 Å². The topological polar surface area (TPSA) is 80.4 Å². The van der Waals surface area contributed by atoms with Crippen molar-refractivity contribution in [3.05, 3.63) is 106 Å². The molecule has 1 amide bonds. The first-order valence-corrected chi connectivity index (χ1v) is 9.32. The molecule has 28 heavy (non-hydrogen) atoms.